The smallest absolute Gasteiger partial charge is 0.0989 e. The van der Waals surface area contributed by atoms with Crippen molar-refractivity contribution in [3.05, 3.63) is 0 Å². The monoisotopic (exact) mass is 196 g/mol. The summed E-state index contributed by atoms with van der Waals surface area (Å²) in [5.41, 5.74) is 0. The van der Waals surface area contributed by atoms with Crippen molar-refractivity contribution in [2.45, 2.75) is 32.1 Å². The number of hydrogen-bond acceptors (Lipinski definition) is 2. The largest absolute Gasteiger partial charge is 0.396 e. The third-order valence-electron chi connectivity index (χ3n) is 3.36. The van der Waals surface area contributed by atoms with Crippen molar-refractivity contribution in [1.29, 1.82) is 5.41 Å². The molecule has 0 aromatic carbocycles. The minimum absolute atomic E-state index is 0.301. The van der Waals surface area contributed by atoms with Crippen molar-refractivity contribution in [2.75, 3.05) is 19.7 Å². The third-order valence-corrected chi connectivity index (χ3v) is 3.36. The van der Waals surface area contributed by atoms with Crippen LogP contribution >= 0.6 is 0 Å². The predicted octanol–water partition coefficient (Wildman–Crippen LogP) is 1.47. The van der Waals surface area contributed by atoms with E-state index in [-0.39, 0.29) is 0 Å². The average Bonchev–Trinajstić information content (AvgIpc) is 3.01. The number of amidine groups is 1. The second-order valence-corrected chi connectivity index (χ2v) is 4.63. The number of nitrogens with zero attached hydrogens (tertiary/aromatic N) is 1. The Bertz CT molecular complexity index is 211. The maximum Gasteiger partial charge on any atom is 0.0989 e. The zero-order valence-electron chi connectivity index (χ0n) is 8.71. The fraction of sp³-hybridized carbons (Fsp3) is 0.909. The molecule has 3 nitrogen and oxygen atoms in total. The standard InChI is InChI=1S/C11H20N2O/c12-11(10-3-4-10)13-6-1-2-9(8-13)5-7-14/h9-10,12,14H,1-8H2. The number of piperidine rings is 1. The molecule has 1 saturated carbocycles. The van der Waals surface area contributed by atoms with Crippen LogP contribution in [0, 0.1) is 17.2 Å². The van der Waals surface area contributed by atoms with Crippen molar-refractivity contribution in [3.8, 4) is 0 Å². The van der Waals surface area contributed by atoms with Gasteiger partial charge in [-0.25, -0.2) is 0 Å². The summed E-state index contributed by atoms with van der Waals surface area (Å²) in [5, 5.41) is 16.9. The number of aliphatic hydroxyl groups is 1. The molecule has 0 bridgehead atoms. The van der Waals surface area contributed by atoms with Gasteiger partial charge in [-0.2, -0.15) is 0 Å². The Kier molecular flexibility index (Phi) is 3.06. The summed E-state index contributed by atoms with van der Waals surface area (Å²) in [6.45, 7) is 2.38. The van der Waals surface area contributed by atoms with Gasteiger partial charge in [0.05, 0.1) is 5.84 Å². The molecule has 0 amide bonds. The van der Waals surface area contributed by atoms with Crippen molar-refractivity contribution in [1.82, 2.24) is 4.90 Å². The van der Waals surface area contributed by atoms with E-state index in [4.69, 9.17) is 10.5 Å². The number of hydrogen-bond donors (Lipinski definition) is 2. The van der Waals surface area contributed by atoms with Crippen molar-refractivity contribution in [3.63, 3.8) is 0 Å². The minimum atomic E-state index is 0.301. The van der Waals surface area contributed by atoms with Crippen LogP contribution in [0.3, 0.4) is 0 Å². The molecule has 2 rings (SSSR count). The van der Waals surface area contributed by atoms with Crippen LogP contribution in [0.4, 0.5) is 0 Å². The minimum Gasteiger partial charge on any atom is -0.396 e. The molecule has 1 atom stereocenters. The highest BCUT2D eigenvalue weighted by Crippen LogP contribution is 2.33. The van der Waals surface area contributed by atoms with E-state index in [2.05, 4.69) is 4.90 Å². The first-order chi connectivity index (χ1) is 6.81. The summed E-state index contributed by atoms with van der Waals surface area (Å²) in [5.74, 6) is 2.06. The van der Waals surface area contributed by atoms with E-state index < -0.39 is 0 Å². The number of rotatable bonds is 3. The van der Waals surface area contributed by atoms with Crippen LogP contribution in [0.5, 0.6) is 0 Å². The Labute approximate surface area is 85.6 Å². The molecule has 2 aliphatic rings. The second-order valence-electron chi connectivity index (χ2n) is 4.63. The Balaban J connectivity index is 1.83. The number of nitrogens with one attached hydrogen (secondary N) is 1. The van der Waals surface area contributed by atoms with Crippen LogP contribution in [-0.4, -0.2) is 35.5 Å². The first-order valence-corrected chi connectivity index (χ1v) is 5.75. The molecule has 0 radical (unpaired) electrons. The van der Waals surface area contributed by atoms with Crippen LogP contribution in [0.15, 0.2) is 0 Å². The molecule has 80 valence electrons. The summed E-state index contributed by atoms with van der Waals surface area (Å²) < 4.78 is 0. The molecule has 2 N–H and O–H groups in total. The summed E-state index contributed by atoms with van der Waals surface area (Å²) >= 11 is 0. The van der Waals surface area contributed by atoms with Crippen LogP contribution in [-0.2, 0) is 0 Å². The summed E-state index contributed by atoms with van der Waals surface area (Å²) in [6, 6.07) is 0. The molecule has 1 saturated heterocycles. The molecule has 1 aliphatic carbocycles. The van der Waals surface area contributed by atoms with Gasteiger partial charge in [-0.1, -0.05) is 0 Å². The van der Waals surface area contributed by atoms with Gasteiger partial charge in [0.1, 0.15) is 0 Å². The van der Waals surface area contributed by atoms with Crippen molar-refractivity contribution >= 4 is 5.84 Å². The van der Waals surface area contributed by atoms with Gasteiger partial charge in [-0.15, -0.1) is 0 Å². The highest BCUT2D eigenvalue weighted by atomic mass is 16.3. The van der Waals surface area contributed by atoms with Gasteiger partial charge in [-0.05, 0) is 38.0 Å². The maximum atomic E-state index is 8.89. The van der Waals surface area contributed by atoms with E-state index in [1.807, 2.05) is 0 Å². The lowest BCUT2D eigenvalue weighted by Crippen LogP contribution is -2.40. The maximum absolute atomic E-state index is 8.89. The Hall–Kier alpha value is -0.570. The molecular weight excluding hydrogens is 176 g/mol. The highest BCUT2D eigenvalue weighted by molar-refractivity contribution is 5.83. The summed E-state index contributed by atoms with van der Waals surface area (Å²) in [6.07, 6.45) is 5.78. The number of aliphatic hydroxyl groups excluding tert-OH is 1. The summed E-state index contributed by atoms with van der Waals surface area (Å²) in [7, 11) is 0. The Morgan fingerprint density at radius 3 is 2.79 bits per heavy atom. The van der Waals surface area contributed by atoms with Gasteiger partial charge in [0.25, 0.3) is 0 Å². The topological polar surface area (TPSA) is 47.3 Å². The SMILES string of the molecule is N=C(C1CC1)N1CCCC(CCO)C1. The lowest BCUT2D eigenvalue weighted by atomic mass is 9.95. The fourth-order valence-corrected chi connectivity index (χ4v) is 2.32. The molecule has 1 heterocycles. The second kappa shape index (κ2) is 4.30. The van der Waals surface area contributed by atoms with E-state index in [0.29, 0.717) is 18.4 Å². The first-order valence-electron chi connectivity index (χ1n) is 5.75. The Morgan fingerprint density at radius 1 is 1.36 bits per heavy atom. The van der Waals surface area contributed by atoms with Crippen LogP contribution in [0.2, 0.25) is 0 Å². The third kappa shape index (κ3) is 2.27. The van der Waals surface area contributed by atoms with Crippen LogP contribution < -0.4 is 0 Å². The van der Waals surface area contributed by atoms with Gasteiger partial charge in [-0.3, -0.25) is 5.41 Å². The molecule has 2 fully saturated rings. The van der Waals surface area contributed by atoms with E-state index in [9.17, 15) is 0 Å². The van der Waals surface area contributed by atoms with Gasteiger partial charge >= 0.3 is 0 Å². The molecular formula is C11H20N2O. The quantitative estimate of drug-likeness (QED) is 0.530. The summed E-state index contributed by atoms with van der Waals surface area (Å²) in [4.78, 5) is 2.24. The van der Waals surface area contributed by atoms with Gasteiger partial charge in [0.15, 0.2) is 0 Å². The first kappa shape index (κ1) is 9.97. The van der Waals surface area contributed by atoms with Crippen molar-refractivity contribution in [2.24, 2.45) is 11.8 Å². The normalized spacial score (nSPS) is 27.8. The van der Waals surface area contributed by atoms with E-state index in [1.165, 1.54) is 25.7 Å². The van der Waals surface area contributed by atoms with E-state index >= 15 is 0 Å². The molecule has 1 unspecified atom stereocenters. The zero-order chi connectivity index (χ0) is 9.97. The fourth-order valence-electron chi connectivity index (χ4n) is 2.32. The molecule has 0 aromatic heterocycles. The average molecular weight is 196 g/mol. The van der Waals surface area contributed by atoms with Crippen LogP contribution in [0.25, 0.3) is 0 Å². The lowest BCUT2D eigenvalue weighted by Gasteiger charge is -2.34. The lowest BCUT2D eigenvalue weighted by molar-refractivity contribution is 0.195. The number of likely N-dealkylation sites (tertiary alicyclic amines) is 1. The molecule has 3 heteroatoms. The molecule has 0 spiro atoms. The van der Waals surface area contributed by atoms with Gasteiger partial charge in [0, 0.05) is 25.6 Å². The van der Waals surface area contributed by atoms with Gasteiger partial charge < -0.3 is 10.0 Å². The molecule has 0 aromatic rings. The predicted molar refractivity (Wildman–Crippen MR) is 56.5 cm³/mol. The van der Waals surface area contributed by atoms with E-state index in [0.717, 1.165) is 25.3 Å². The zero-order valence-corrected chi connectivity index (χ0v) is 8.71. The van der Waals surface area contributed by atoms with Crippen LogP contribution in [0.1, 0.15) is 32.1 Å². The van der Waals surface area contributed by atoms with Crippen molar-refractivity contribution < 1.29 is 5.11 Å². The molecule has 1 aliphatic heterocycles. The van der Waals surface area contributed by atoms with E-state index in [1.54, 1.807) is 0 Å². The molecule has 14 heavy (non-hydrogen) atoms. The Morgan fingerprint density at radius 2 is 2.14 bits per heavy atom. The van der Waals surface area contributed by atoms with Gasteiger partial charge in [0.2, 0.25) is 0 Å². The highest BCUT2D eigenvalue weighted by Gasteiger charge is 2.32.